The van der Waals surface area contributed by atoms with Crippen molar-refractivity contribution in [3.8, 4) is 0 Å². The molecule has 0 saturated carbocycles. The zero-order valence-corrected chi connectivity index (χ0v) is 18.8. The molecule has 5 nitrogen and oxygen atoms in total. The SMILES string of the molecule is CSc1nsc(SC)c1C(=O)Nc1nn(Cc2c(Cl)cccc2Cl)cc1Cl. The van der Waals surface area contributed by atoms with E-state index in [0.29, 0.717) is 32.2 Å². The van der Waals surface area contributed by atoms with Crippen LogP contribution in [0.3, 0.4) is 0 Å². The van der Waals surface area contributed by atoms with Gasteiger partial charge in [0.05, 0.1) is 16.3 Å². The Kier molecular flexibility index (Phi) is 6.99. The molecule has 0 atom stereocenters. The molecule has 2 aromatic heterocycles. The molecule has 0 fully saturated rings. The zero-order valence-electron chi connectivity index (χ0n) is 14.1. The summed E-state index contributed by atoms with van der Waals surface area (Å²) in [5, 5.41) is 9.21. The first-order valence-electron chi connectivity index (χ1n) is 7.49. The van der Waals surface area contributed by atoms with E-state index in [1.165, 1.54) is 35.1 Å². The van der Waals surface area contributed by atoms with E-state index in [9.17, 15) is 4.79 Å². The fourth-order valence-corrected chi connectivity index (χ4v) is 5.30. The van der Waals surface area contributed by atoms with Gasteiger partial charge in [-0.2, -0.15) is 9.47 Å². The minimum Gasteiger partial charge on any atom is -0.304 e. The smallest absolute Gasteiger partial charge is 0.261 e. The molecule has 1 aromatic carbocycles. The third-order valence-electron chi connectivity index (χ3n) is 3.57. The average molecular weight is 480 g/mol. The van der Waals surface area contributed by atoms with Gasteiger partial charge in [0.2, 0.25) is 0 Å². The fourth-order valence-electron chi connectivity index (χ4n) is 2.31. The summed E-state index contributed by atoms with van der Waals surface area (Å²) in [7, 11) is 0. The van der Waals surface area contributed by atoms with Crippen molar-refractivity contribution in [2.45, 2.75) is 15.8 Å². The Bertz CT molecular complexity index is 948. The van der Waals surface area contributed by atoms with Gasteiger partial charge in [-0.1, -0.05) is 40.9 Å². The topological polar surface area (TPSA) is 59.8 Å². The number of aromatic nitrogens is 3. The lowest BCUT2D eigenvalue weighted by Gasteiger charge is -2.07. The summed E-state index contributed by atoms with van der Waals surface area (Å²) in [4.78, 5) is 12.7. The average Bonchev–Trinajstić information content (AvgIpc) is 3.21. The number of hydrogen-bond acceptors (Lipinski definition) is 6. The first-order chi connectivity index (χ1) is 12.9. The summed E-state index contributed by atoms with van der Waals surface area (Å²) in [5.74, 6) is -0.0180. The van der Waals surface area contributed by atoms with Crippen LogP contribution in [-0.4, -0.2) is 32.6 Å². The zero-order chi connectivity index (χ0) is 19.6. The first kappa shape index (κ1) is 20.8. The van der Waals surface area contributed by atoms with Gasteiger partial charge in [-0.25, -0.2) is 0 Å². The van der Waals surface area contributed by atoms with E-state index in [2.05, 4.69) is 14.8 Å². The Morgan fingerprint density at radius 1 is 1.19 bits per heavy atom. The van der Waals surface area contributed by atoms with Gasteiger partial charge in [-0.15, -0.1) is 23.5 Å². The molecule has 1 amide bonds. The highest BCUT2D eigenvalue weighted by molar-refractivity contribution is 8.01. The lowest BCUT2D eigenvalue weighted by atomic mass is 10.2. The van der Waals surface area contributed by atoms with Gasteiger partial charge >= 0.3 is 0 Å². The summed E-state index contributed by atoms with van der Waals surface area (Å²) >= 11 is 22.9. The van der Waals surface area contributed by atoms with Crippen LogP contribution < -0.4 is 5.32 Å². The van der Waals surface area contributed by atoms with Crippen LogP contribution in [0, 0.1) is 0 Å². The molecule has 0 radical (unpaired) electrons. The van der Waals surface area contributed by atoms with Crippen LogP contribution >= 0.6 is 69.9 Å². The molecule has 3 rings (SSSR count). The van der Waals surface area contributed by atoms with Crippen molar-refractivity contribution in [2.75, 3.05) is 17.8 Å². The lowest BCUT2D eigenvalue weighted by molar-refractivity contribution is 0.102. The number of amides is 1. The maximum absolute atomic E-state index is 12.7. The maximum Gasteiger partial charge on any atom is 0.261 e. The molecule has 0 spiro atoms. The van der Waals surface area contributed by atoms with Gasteiger partial charge in [0.1, 0.15) is 10.0 Å². The Morgan fingerprint density at radius 3 is 2.52 bits per heavy atom. The van der Waals surface area contributed by atoms with Crippen LogP contribution in [0.1, 0.15) is 15.9 Å². The predicted octanol–water partition coefficient (Wildman–Crippen LogP) is 6.04. The summed E-state index contributed by atoms with van der Waals surface area (Å²) in [5.41, 5.74) is 1.27. The summed E-state index contributed by atoms with van der Waals surface area (Å²) in [6.45, 7) is 0.334. The molecule has 0 saturated heterocycles. The molecular formula is C16H13Cl3N4OS3. The second kappa shape index (κ2) is 9.07. The normalized spacial score (nSPS) is 11.0. The van der Waals surface area contributed by atoms with E-state index in [4.69, 9.17) is 34.8 Å². The summed E-state index contributed by atoms with van der Waals surface area (Å²) in [6, 6.07) is 5.29. The number of carbonyl (C=O) groups is 1. The number of thioether (sulfide) groups is 2. The van der Waals surface area contributed by atoms with Crippen molar-refractivity contribution in [1.82, 2.24) is 14.2 Å². The summed E-state index contributed by atoms with van der Waals surface area (Å²) < 4.78 is 6.73. The number of rotatable bonds is 6. The van der Waals surface area contributed by atoms with Crippen LogP contribution in [0.4, 0.5) is 5.82 Å². The van der Waals surface area contributed by atoms with Crippen LogP contribution in [0.2, 0.25) is 15.1 Å². The largest absolute Gasteiger partial charge is 0.304 e. The molecule has 0 unspecified atom stereocenters. The predicted molar refractivity (Wildman–Crippen MR) is 116 cm³/mol. The Hall–Kier alpha value is -0.900. The molecule has 2 heterocycles. The van der Waals surface area contributed by atoms with Crippen LogP contribution in [0.5, 0.6) is 0 Å². The molecule has 0 aliphatic carbocycles. The van der Waals surface area contributed by atoms with Crippen molar-refractivity contribution in [3.05, 3.63) is 50.6 Å². The fraction of sp³-hybridized carbons (Fsp3) is 0.188. The highest BCUT2D eigenvalue weighted by Crippen LogP contribution is 2.34. The van der Waals surface area contributed by atoms with Crippen LogP contribution in [-0.2, 0) is 6.54 Å². The second-order valence-corrected chi connectivity index (χ2v) is 9.10. The van der Waals surface area contributed by atoms with Gasteiger partial charge in [0.15, 0.2) is 5.82 Å². The second-order valence-electron chi connectivity index (χ2n) is 5.24. The number of nitrogens with zero attached hydrogens (tertiary/aromatic N) is 3. The number of hydrogen-bond donors (Lipinski definition) is 1. The number of anilines is 1. The van der Waals surface area contributed by atoms with Gasteiger partial charge in [0, 0.05) is 21.8 Å². The molecule has 0 aliphatic heterocycles. The molecule has 0 aliphatic rings. The number of carbonyl (C=O) groups excluding carboxylic acids is 1. The van der Waals surface area contributed by atoms with Gasteiger partial charge in [-0.3, -0.25) is 9.48 Å². The van der Waals surface area contributed by atoms with E-state index < -0.39 is 0 Å². The van der Waals surface area contributed by atoms with Crippen molar-refractivity contribution >= 4 is 81.6 Å². The van der Waals surface area contributed by atoms with Crippen LogP contribution in [0.15, 0.2) is 33.6 Å². The Balaban J connectivity index is 1.83. The van der Waals surface area contributed by atoms with E-state index in [1.54, 1.807) is 29.1 Å². The highest BCUT2D eigenvalue weighted by atomic mass is 35.5. The molecule has 1 N–H and O–H groups in total. The third-order valence-corrected chi connectivity index (χ3v) is 7.29. The molecule has 3 aromatic rings. The molecular weight excluding hydrogens is 467 g/mol. The maximum atomic E-state index is 12.7. The lowest BCUT2D eigenvalue weighted by Crippen LogP contribution is -2.14. The number of halogens is 3. The molecule has 0 bridgehead atoms. The Labute approximate surface area is 183 Å². The van der Waals surface area contributed by atoms with Crippen molar-refractivity contribution in [3.63, 3.8) is 0 Å². The van der Waals surface area contributed by atoms with E-state index in [-0.39, 0.29) is 11.7 Å². The minimum absolute atomic E-state index is 0.273. The number of benzene rings is 1. The first-order valence-corrected chi connectivity index (χ1v) is 11.8. The summed E-state index contributed by atoms with van der Waals surface area (Å²) in [6.07, 6.45) is 5.40. The molecule has 142 valence electrons. The Morgan fingerprint density at radius 2 is 1.89 bits per heavy atom. The molecule has 27 heavy (non-hydrogen) atoms. The van der Waals surface area contributed by atoms with Gasteiger partial charge < -0.3 is 5.32 Å². The van der Waals surface area contributed by atoms with Gasteiger partial charge in [0.25, 0.3) is 5.91 Å². The van der Waals surface area contributed by atoms with Crippen molar-refractivity contribution in [1.29, 1.82) is 0 Å². The quantitative estimate of drug-likeness (QED) is 0.436. The number of nitrogens with one attached hydrogen (secondary N) is 1. The monoisotopic (exact) mass is 478 g/mol. The van der Waals surface area contributed by atoms with E-state index in [1.807, 2.05) is 12.5 Å². The standard InChI is InChI=1S/C16H13Cl3N4OS3/c1-25-15-12(16(26-2)27-22-15)14(24)20-13-11(19)7-23(21-13)6-8-9(17)4-3-5-10(8)18/h3-5,7H,6H2,1-2H3,(H,20,21,24). The van der Waals surface area contributed by atoms with Gasteiger partial charge in [-0.05, 0) is 36.2 Å². The third kappa shape index (κ3) is 4.58. The van der Waals surface area contributed by atoms with Crippen LogP contribution in [0.25, 0.3) is 0 Å². The highest BCUT2D eigenvalue weighted by Gasteiger charge is 2.22. The van der Waals surface area contributed by atoms with Crippen molar-refractivity contribution < 1.29 is 4.79 Å². The van der Waals surface area contributed by atoms with Crippen molar-refractivity contribution in [2.24, 2.45) is 0 Å². The molecule has 11 heteroatoms. The van der Waals surface area contributed by atoms with E-state index in [0.717, 1.165) is 9.77 Å². The minimum atomic E-state index is -0.291. The van der Waals surface area contributed by atoms with E-state index >= 15 is 0 Å².